The summed E-state index contributed by atoms with van der Waals surface area (Å²) in [5.41, 5.74) is 1.42. The Balaban J connectivity index is 1.55. The summed E-state index contributed by atoms with van der Waals surface area (Å²) in [7, 11) is -2.76. The monoisotopic (exact) mass is 635 g/mol. The zero-order valence-electron chi connectivity index (χ0n) is 26.4. The molecule has 3 aromatic rings. The predicted molar refractivity (Wildman–Crippen MR) is 173 cm³/mol. The Morgan fingerprint density at radius 1 is 0.867 bits per heavy atom. The maximum atomic E-state index is 13.7. The number of hydrogen-bond donors (Lipinski definition) is 3. The molecule has 3 atom stereocenters. The topological polar surface area (TPSA) is 142 Å². The van der Waals surface area contributed by atoms with Crippen molar-refractivity contribution in [1.82, 2.24) is 15.5 Å². The van der Waals surface area contributed by atoms with Gasteiger partial charge in [-0.15, -0.1) is 0 Å². The Morgan fingerprint density at radius 3 is 2.13 bits per heavy atom. The zero-order chi connectivity index (χ0) is 32.9. The van der Waals surface area contributed by atoms with Gasteiger partial charge in [-0.05, 0) is 48.4 Å². The number of hydrogen-bond acceptors (Lipinski definition) is 6. The number of rotatable bonds is 14. The number of nitrogens with zero attached hydrogens (tertiary/aromatic N) is 1. The molecule has 1 heterocycles. The minimum Gasteiger partial charge on any atom is -0.488 e. The summed E-state index contributed by atoms with van der Waals surface area (Å²) < 4.78 is 19.7. The van der Waals surface area contributed by atoms with Gasteiger partial charge in [0.1, 0.15) is 24.7 Å². The summed E-state index contributed by atoms with van der Waals surface area (Å²) >= 11 is 0. The van der Waals surface area contributed by atoms with Crippen molar-refractivity contribution >= 4 is 41.8 Å². The van der Waals surface area contributed by atoms with Crippen LogP contribution in [0.25, 0.3) is 10.8 Å². The molecule has 1 aliphatic rings. The van der Waals surface area contributed by atoms with Gasteiger partial charge in [0.25, 0.3) is 11.8 Å². The molecule has 1 aliphatic heterocycles. The molecule has 0 bridgehead atoms. The standard InChI is InChI=1S/C34H42N3O7P/c1-21(2)16-24(31(38)36-28(17-22(3)4)32(39)35-5)19-45(42,43)20-37-33(40)26-13-9-12-25-29(15-14-27(30(25)26)34(37)41)44-18-23-10-7-6-8-11-23/h6-15,21-22,24,28H,16-20H2,1-5H3,(H,35,39)(H,36,38)(H,42,43)/t24?,28-/m0/s1. The average molecular weight is 636 g/mol. The van der Waals surface area contributed by atoms with Crippen molar-refractivity contribution in [2.75, 3.05) is 19.5 Å². The van der Waals surface area contributed by atoms with E-state index < -0.39 is 49.5 Å². The van der Waals surface area contributed by atoms with E-state index in [0.29, 0.717) is 29.5 Å². The summed E-state index contributed by atoms with van der Waals surface area (Å²) in [5.74, 6) is -2.50. The third-order valence-corrected chi connectivity index (χ3v) is 9.51. The Hall–Kier alpha value is -4.01. The van der Waals surface area contributed by atoms with Gasteiger partial charge in [-0.25, -0.2) is 0 Å². The number of nitrogens with one attached hydrogen (secondary N) is 2. The molecule has 2 unspecified atom stereocenters. The van der Waals surface area contributed by atoms with Gasteiger partial charge in [0.2, 0.25) is 19.2 Å². The van der Waals surface area contributed by atoms with E-state index >= 15 is 0 Å². The van der Waals surface area contributed by atoms with Crippen molar-refractivity contribution in [3.63, 3.8) is 0 Å². The second-order valence-electron chi connectivity index (χ2n) is 12.5. The highest BCUT2D eigenvalue weighted by Gasteiger charge is 2.40. The van der Waals surface area contributed by atoms with Crippen molar-refractivity contribution in [2.45, 2.75) is 53.2 Å². The highest BCUT2D eigenvalue weighted by molar-refractivity contribution is 7.58. The zero-order valence-corrected chi connectivity index (χ0v) is 27.3. The Bertz CT molecular complexity index is 1600. The normalized spacial score (nSPS) is 15.6. The van der Waals surface area contributed by atoms with Crippen molar-refractivity contribution in [3.8, 4) is 5.75 Å². The fourth-order valence-corrected chi connectivity index (χ4v) is 7.55. The summed E-state index contributed by atoms with van der Waals surface area (Å²) in [6, 6.07) is 17.1. The Morgan fingerprint density at radius 2 is 1.51 bits per heavy atom. The maximum absolute atomic E-state index is 13.7. The van der Waals surface area contributed by atoms with Crippen molar-refractivity contribution < 1.29 is 33.4 Å². The van der Waals surface area contributed by atoms with Crippen LogP contribution < -0.4 is 15.4 Å². The highest BCUT2D eigenvalue weighted by Crippen LogP contribution is 2.46. The fourth-order valence-electron chi connectivity index (χ4n) is 5.73. The molecule has 0 aromatic heterocycles. The van der Waals surface area contributed by atoms with Crippen LogP contribution in [0, 0.1) is 17.8 Å². The molecule has 0 saturated heterocycles. The number of amides is 4. The van der Waals surface area contributed by atoms with Gasteiger partial charge in [0.15, 0.2) is 0 Å². The molecule has 4 amide bonds. The van der Waals surface area contributed by atoms with Gasteiger partial charge in [-0.2, -0.15) is 0 Å². The lowest BCUT2D eigenvalue weighted by molar-refractivity contribution is -0.131. The highest BCUT2D eigenvalue weighted by atomic mass is 31.2. The van der Waals surface area contributed by atoms with Crippen molar-refractivity contribution in [2.24, 2.45) is 17.8 Å². The minimum absolute atomic E-state index is 0.00494. The van der Waals surface area contributed by atoms with E-state index in [1.807, 2.05) is 58.0 Å². The third-order valence-electron chi connectivity index (χ3n) is 7.77. The second kappa shape index (κ2) is 14.4. The molecule has 4 rings (SSSR count). The smallest absolute Gasteiger partial charge is 0.261 e. The SMILES string of the molecule is CNC(=O)[C@H](CC(C)C)NC(=O)C(CC(C)C)CP(=O)(O)CN1C(=O)c2cccc3c(OCc4ccccc4)ccc(c23)C1=O. The lowest BCUT2D eigenvalue weighted by Gasteiger charge is -2.30. The Kier molecular flexibility index (Phi) is 10.8. The molecule has 3 N–H and O–H groups in total. The van der Waals surface area contributed by atoms with Crippen LogP contribution in [0.2, 0.25) is 0 Å². The van der Waals surface area contributed by atoms with E-state index in [1.54, 1.807) is 30.3 Å². The second-order valence-corrected chi connectivity index (χ2v) is 14.8. The van der Waals surface area contributed by atoms with Crippen molar-refractivity contribution in [3.05, 3.63) is 77.4 Å². The van der Waals surface area contributed by atoms with E-state index in [1.165, 1.54) is 7.05 Å². The van der Waals surface area contributed by atoms with Crippen LogP contribution in [0.4, 0.5) is 0 Å². The number of likely N-dealkylation sites (N-methyl/N-ethyl adjacent to an activating group) is 1. The molecule has 240 valence electrons. The van der Waals surface area contributed by atoms with Crippen LogP contribution in [0.1, 0.15) is 66.8 Å². The van der Waals surface area contributed by atoms with Gasteiger partial charge in [-0.1, -0.05) is 70.2 Å². The largest absolute Gasteiger partial charge is 0.488 e. The summed E-state index contributed by atoms with van der Waals surface area (Å²) in [6.07, 6.45) is -0.495. The van der Waals surface area contributed by atoms with Gasteiger partial charge >= 0.3 is 0 Å². The Labute approximate surface area is 264 Å². The average Bonchev–Trinajstić information content (AvgIpc) is 2.99. The molecule has 0 saturated carbocycles. The van der Waals surface area contributed by atoms with E-state index in [4.69, 9.17) is 4.74 Å². The fraction of sp³-hybridized carbons (Fsp3) is 0.412. The van der Waals surface area contributed by atoms with Gasteiger partial charge in [0.05, 0.1) is 0 Å². The van der Waals surface area contributed by atoms with Crippen LogP contribution in [-0.2, 0) is 20.8 Å². The van der Waals surface area contributed by atoms with Crippen LogP contribution in [0.3, 0.4) is 0 Å². The number of carbonyl (C=O) groups is 4. The van der Waals surface area contributed by atoms with Crippen LogP contribution in [0.15, 0.2) is 60.7 Å². The molecule has 11 heteroatoms. The first-order valence-corrected chi connectivity index (χ1v) is 17.3. The number of ether oxygens (including phenoxy) is 1. The lowest BCUT2D eigenvalue weighted by atomic mass is 9.94. The van der Waals surface area contributed by atoms with Crippen molar-refractivity contribution in [1.29, 1.82) is 0 Å². The molecule has 0 radical (unpaired) electrons. The molecule has 45 heavy (non-hydrogen) atoms. The molecule has 0 spiro atoms. The van der Waals surface area contributed by atoms with Crippen LogP contribution in [0.5, 0.6) is 5.75 Å². The summed E-state index contributed by atoms with van der Waals surface area (Å²) in [4.78, 5) is 65.1. The van der Waals surface area contributed by atoms with E-state index in [9.17, 15) is 28.6 Å². The first-order valence-electron chi connectivity index (χ1n) is 15.2. The number of carbonyl (C=O) groups excluding carboxylic acids is 4. The van der Waals surface area contributed by atoms with E-state index in [2.05, 4.69) is 10.6 Å². The van der Waals surface area contributed by atoms with Gasteiger partial charge in [0, 0.05) is 41.0 Å². The quantitative estimate of drug-likeness (QED) is 0.164. The third kappa shape index (κ3) is 8.18. The van der Waals surface area contributed by atoms with Crippen LogP contribution >= 0.6 is 7.37 Å². The predicted octanol–water partition coefficient (Wildman–Crippen LogP) is 5.18. The summed E-state index contributed by atoms with van der Waals surface area (Å²) in [6.45, 7) is 7.94. The number of benzene rings is 3. The van der Waals surface area contributed by atoms with Gasteiger partial charge < -0.3 is 20.3 Å². The molecule has 10 nitrogen and oxygen atoms in total. The van der Waals surface area contributed by atoms with Crippen LogP contribution in [-0.4, -0.2) is 59.0 Å². The van der Waals surface area contributed by atoms with E-state index in [0.717, 1.165) is 10.5 Å². The summed E-state index contributed by atoms with van der Waals surface area (Å²) in [5, 5.41) is 6.34. The lowest BCUT2D eigenvalue weighted by Crippen LogP contribution is -2.49. The minimum atomic E-state index is -4.25. The first-order chi connectivity index (χ1) is 21.3. The molecular weight excluding hydrogens is 593 g/mol. The maximum Gasteiger partial charge on any atom is 0.261 e. The molecular formula is C34H42N3O7P. The molecule has 0 fully saturated rings. The molecule has 0 aliphatic carbocycles. The first kappa shape index (κ1) is 33.9. The van der Waals surface area contributed by atoms with Gasteiger partial charge in [-0.3, -0.25) is 28.6 Å². The number of imide groups is 1. The van der Waals surface area contributed by atoms with E-state index in [-0.39, 0.29) is 35.3 Å². The molecule has 3 aromatic carbocycles.